The van der Waals surface area contributed by atoms with Crippen LogP contribution in [0.5, 0.6) is 11.5 Å². The number of halogens is 2. The molecule has 0 amide bonds. The third kappa shape index (κ3) is 6.72. The first kappa shape index (κ1) is 27.8. The second kappa shape index (κ2) is 10.7. The Morgan fingerprint density at radius 2 is 1.60 bits per heavy atom. The molecule has 35 heavy (non-hydrogen) atoms. The van der Waals surface area contributed by atoms with Gasteiger partial charge in [0.05, 0.1) is 6.04 Å². The maximum Gasteiger partial charge on any atom is 0.0655 e. The van der Waals surface area contributed by atoms with E-state index in [-0.39, 0.29) is 39.4 Å². The number of benzene rings is 2. The van der Waals surface area contributed by atoms with Gasteiger partial charge in [-0.3, -0.25) is 9.89 Å². The zero-order chi connectivity index (χ0) is 26.1. The largest absolute Gasteiger partial charge is 0.872 e. The molecule has 3 rings (SSSR count). The first-order chi connectivity index (χ1) is 16.2. The fraction of sp³-hybridized carbons (Fsp3) is 0.552. The van der Waals surface area contributed by atoms with Gasteiger partial charge in [-0.05, 0) is 65.1 Å². The molecule has 0 saturated heterocycles. The average Bonchev–Trinajstić information content (AvgIpc) is 2.75. The lowest BCUT2D eigenvalue weighted by Crippen LogP contribution is -2.42. The summed E-state index contributed by atoms with van der Waals surface area (Å²) in [7, 11) is 2.08. The average molecular weight is 518 g/mol. The summed E-state index contributed by atoms with van der Waals surface area (Å²) in [5.41, 5.74) is 3.02. The summed E-state index contributed by atoms with van der Waals surface area (Å²) in [6.07, 6.45) is 5.77. The normalized spacial score (nSPS) is 19.6. The van der Waals surface area contributed by atoms with Crippen LogP contribution < -0.4 is 10.2 Å². The highest BCUT2D eigenvalue weighted by Gasteiger charge is 2.29. The zero-order valence-electron chi connectivity index (χ0n) is 22.0. The van der Waals surface area contributed by atoms with E-state index in [4.69, 9.17) is 28.2 Å². The van der Waals surface area contributed by atoms with E-state index < -0.39 is 0 Å². The highest BCUT2D eigenvalue weighted by molar-refractivity contribution is 6.36. The molecule has 0 bridgehead atoms. The van der Waals surface area contributed by atoms with Crippen molar-refractivity contribution in [1.82, 2.24) is 4.90 Å². The molecule has 2 aromatic rings. The molecule has 2 aromatic carbocycles. The number of aliphatic imine (C=N–C) groups is 1. The summed E-state index contributed by atoms with van der Waals surface area (Å²) in [6, 6.07) is 7.46. The van der Waals surface area contributed by atoms with Crippen LogP contribution in [0.15, 0.2) is 29.3 Å². The second-order valence-electron chi connectivity index (χ2n) is 11.9. The minimum absolute atomic E-state index is 0.0360. The first-order valence-electron chi connectivity index (χ1n) is 12.4. The molecule has 0 unspecified atom stereocenters. The van der Waals surface area contributed by atoms with Gasteiger partial charge in [0.25, 0.3) is 0 Å². The standard InChI is InChI=1S/C29H40Cl2N2O2/c1-28(2,3)20-12-19(26(34)22(14-20)29(4,5)6)17-33(7)25-11-9-8-10-24(25)32-16-18-13-21(30)15-23(31)27(18)35/h12-16,24-25,34-35H,8-11,17H2,1-7H3/p-2/t24-,25-/m0/s1. The second-order valence-corrected chi connectivity index (χ2v) is 12.8. The lowest BCUT2D eigenvalue weighted by Gasteiger charge is -2.38. The molecule has 1 aliphatic rings. The van der Waals surface area contributed by atoms with Gasteiger partial charge in [-0.1, -0.05) is 95.5 Å². The molecule has 6 heteroatoms. The summed E-state index contributed by atoms with van der Waals surface area (Å²) < 4.78 is 0. The molecular weight excluding hydrogens is 479 g/mol. The molecule has 0 heterocycles. The Kier molecular flexibility index (Phi) is 8.51. The zero-order valence-corrected chi connectivity index (χ0v) is 23.6. The Morgan fingerprint density at radius 1 is 0.943 bits per heavy atom. The number of hydrogen-bond donors (Lipinski definition) is 0. The third-order valence-electron chi connectivity index (χ3n) is 6.96. The van der Waals surface area contributed by atoms with Crippen molar-refractivity contribution in [1.29, 1.82) is 0 Å². The molecule has 2 atom stereocenters. The molecule has 1 aliphatic carbocycles. The van der Waals surface area contributed by atoms with Crippen molar-refractivity contribution < 1.29 is 10.2 Å². The summed E-state index contributed by atoms with van der Waals surface area (Å²) in [4.78, 5) is 7.08. The van der Waals surface area contributed by atoms with Gasteiger partial charge in [-0.15, -0.1) is 5.75 Å². The Morgan fingerprint density at radius 3 is 2.23 bits per heavy atom. The summed E-state index contributed by atoms with van der Waals surface area (Å²) in [5, 5.41) is 26.4. The maximum atomic E-state index is 13.5. The van der Waals surface area contributed by atoms with E-state index in [1.54, 1.807) is 12.3 Å². The fourth-order valence-electron chi connectivity index (χ4n) is 4.81. The van der Waals surface area contributed by atoms with Crippen molar-refractivity contribution in [2.75, 3.05) is 7.05 Å². The molecule has 192 valence electrons. The van der Waals surface area contributed by atoms with Gasteiger partial charge >= 0.3 is 0 Å². The monoisotopic (exact) mass is 516 g/mol. The Bertz CT molecular complexity index is 1080. The van der Waals surface area contributed by atoms with Crippen LogP contribution in [-0.2, 0) is 17.4 Å². The van der Waals surface area contributed by atoms with Crippen molar-refractivity contribution >= 4 is 29.4 Å². The molecule has 4 nitrogen and oxygen atoms in total. The van der Waals surface area contributed by atoms with Gasteiger partial charge in [-0.2, -0.15) is 0 Å². The van der Waals surface area contributed by atoms with Crippen LogP contribution in [-0.4, -0.2) is 30.2 Å². The fourth-order valence-corrected chi connectivity index (χ4v) is 5.32. The van der Waals surface area contributed by atoms with E-state index in [2.05, 4.69) is 65.6 Å². The first-order valence-corrected chi connectivity index (χ1v) is 13.2. The Labute approximate surface area is 221 Å². The van der Waals surface area contributed by atoms with E-state index in [1.807, 2.05) is 0 Å². The van der Waals surface area contributed by atoms with E-state index in [9.17, 15) is 10.2 Å². The van der Waals surface area contributed by atoms with Gasteiger partial charge < -0.3 is 10.2 Å². The summed E-state index contributed by atoms with van der Waals surface area (Å²) in [5.74, 6) is -0.122. The molecule has 0 spiro atoms. The van der Waals surface area contributed by atoms with E-state index in [1.165, 1.54) is 11.6 Å². The molecule has 0 radical (unpaired) electrons. The van der Waals surface area contributed by atoms with Crippen LogP contribution in [0.25, 0.3) is 0 Å². The van der Waals surface area contributed by atoms with Crippen LogP contribution in [0.1, 0.15) is 89.5 Å². The van der Waals surface area contributed by atoms with Crippen molar-refractivity contribution in [3.05, 3.63) is 56.6 Å². The topological polar surface area (TPSA) is 61.7 Å². The van der Waals surface area contributed by atoms with Gasteiger partial charge in [0.15, 0.2) is 0 Å². The lowest BCUT2D eigenvalue weighted by molar-refractivity contribution is -0.271. The molecule has 1 saturated carbocycles. The van der Waals surface area contributed by atoms with Crippen LogP contribution >= 0.6 is 23.2 Å². The smallest absolute Gasteiger partial charge is 0.0655 e. The van der Waals surface area contributed by atoms with Crippen LogP contribution in [0.3, 0.4) is 0 Å². The predicted molar refractivity (Wildman–Crippen MR) is 144 cm³/mol. The summed E-state index contributed by atoms with van der Waals surface area (Å²) >= 11 is 12.1. The van der Waals surface area contributed by atoms with Crippen molar-refractivity contribution in [3.63, 3.8) is 0 Å². The van der Waals surface area contributed by atoms with E-state index in [0.717, 1.165) is 36.8 Å². The van der Waals surface area contributed by atoms with Crippen molar-refractivity contribution in [3.8, 4) is 11.5 Å². The van der Waals surface area contributed by atoms with Gasteiger partial charge in [0, 0.05) is 28.8 Å². The molecule has 0 aromatic heterocycles. The number of nitrogens with zero attached hydrogens (tertiary/aromatic N) is 2. The Hall–Kier alpha value is -1.75. The maximum absolute atomic E-state index is 13.5. The van der Waals surface area contributed by atoms with E-state index >= 15 is 0 Å². The lowest BCUT2D eigenvalue weighted by atomic mass is 9.78. The minimum Gasteiger partial charge on any atom is -0.872 e. The third-order valence-corrected chi connectivity index (χ3v) is 7.46. The molecular formula is C29H38Cl2N2O2-2. The highest BCUT2D eigenvalue weighted by atomic mass is 35.5. The van der Waals surface area contributed by atoms with Crippen LogP contribution in [0, 0.1) is 0 Å². The molecule has 0 N–H and O–H groups in total. The van der Waals surface area contributed by atoms with Gasteiger partial charge in [0.1, 0.15) is 0 Å². The molecule has 0 aliphatic heterocycles. The van der Waals surface area contributed by atoms with Crippen LogP contribution in [0.4, 0.5) is 0 Å². The van der Waals surface area contributed by atoms with E-state index in [0.29, 0.717) is 17.1 Å². The number of hydrogen-bond acceptors (Lipinski definition) is 4. The van der Waals surface area contributed by atoms with Crippen LogP contribution in [0.2, 0.25) is 10.0 Å². The highest BCUT2D eigenvalue weighted by Crippen LogP contribution is 2.37. The quantitative estimate of drug-likeness (QED) is 0.420. The number of likely N-dealkylation sites (N-methyl/N-ethyl adjacent to an activating group) is 1. The predicted octanol–water partition coefficient (Wildman–Crippen LogP) is 6.60. The van der Waals surface area contributed by atoms with Crippen molar-refractivity contribution in [2.24, 2.45) is 4.99 Å². The van der Waals surface area contributed by atoms with Gasteiger partial charge in [-0.25, -0.2) is 0 Å². The molecule has 1 fully saturated rings. The minimum atomic E-state index is -0.259. The van der Waals surface area contributed by atoms with Gasteiger partial charge in [0.2, 0.25) is 0 Å². The number of rotatable bonds is 5. The van der Waals surface area contributed by atoms with Crippen molar-refractivity contribution in [2.45, 2.75) is 96.7 Å². The Balaban J connectivity index is 1.90. The SMILES string of the molecule is CN(Cc1cc(C(C)(C)C)cc(C(C)(C)C)c1[O-])[C@H]1CCCC[C@@H]1N=Cc1cc(Cl)cc(Cl)c1[O-]. The summed E-state index contributed by atoms with van der Waals surface area (Å²) in [6.45, 7) is 13.4.